The van der Waals surface area contributed by atoms with Crippen LogP contribution in [0.3, 0.4) is 0 Å². The summed E-state index contributed by atoms with van der Waals surface area (Å²) in [6.45, 7) is 2.95. The van der Waals surface area contributed by atoms with Crippen LogP contribution in [0.5, 0.6) is 5.75 Å². The summed E-state index contributed by atoms with van der Waals surface area (Å²) in [7, 11) is -3.86. The summed E-state index contributed by atoms with van der Waals surface area (Å²) in [4.78, 5) is 10.7. The van der Waals surface area contributed by atoms with Gasteiger partial charge in [0.25, 0.3) is 0 Å². The summed E-state index contributed by atoms with van der Waals surface area (Å²) >= 11 is 0. The van der Waals surface area contributed by atoms with Crippen LogP contribution in [0.2, 0.25) is 0 Å². The first-order chi connectivity index (χ1) is 15.1. The first-order valence-electron chi connectivity index (χ1n) is 9.58. The van der Waals surface area contributed by atoms with Crippen LogP contribution in [0.4, 0.5) is 19.0 Å². The highest BCUT2D eigenvalue weighted by atomic mass is 32.2. The summed E-state index contributed by atoms with van der Waals surface area (Å²) in [5.41, 5.74) is 0. The Morgan fingerprint density at radius 1 is 1.00 bits per heavy atom. The zero-order chi connectivity index (χ0) is 22.9. The maximum Gasteiger partial charge on any atom is 0.573 e. The van der Waals surface area contributed by atoms with Crippen molar-refractivity contribution in [2.45, 2.75) is 18.2 Å². The Balaban J connectivity index is 1.45. The molecule has 170 valence electrons. The number of nitrogens with zero attached hydrogens (tertiary/aromatic N) is 6. The van der Waals surface area contributed by atoms with E-state index >= 15 is 0 Å². The summed E-state index contributed by atoms with van der Waals surface area (Å²) in [5.74, 6) is 1.35. The predicted octanol–water partition coefficient (Wildman–Crippen LogP) is 2.38. The van der Waals surface area contributed by atoms with E-state index < -0.39 is 22.1 Å². The number of piperazine rings is 1. The minimum Gasteiger partial charge on any atom is -0.406 e. The van der Waals surface area contributed by atoms with Gasteiger partial charge >= 0.3 is 6.36 Å². The highest BCUT2D eigenvalue weighted by Gasteiger charge is 2.32. The molecule has 3 aromatic rings. The molecule has 0 aliphatic carbocycles. The Labute approximate surface area is 182 Å². The molecule has 1 fully saturated rings. The summed E-state index contributed by atoms with van der Waals surface area (Å²) < 4.78 is 69.4. The van der Waals surface area contributed by atoms with Crippen LogP contribution < -0.4 is 9.64 Å². The molecule has 1 aliphatic heterocycles. The lowest BCUT2D eigenvalue weighted by atomic mass is 10.3. The van der Waals surface area contributed by atoms with E-state index in [0.717, 1.165) is 24.3 Å². The molecule has 13 heteroatoms. The molecule has 1 saturated heterocycles. The van der Waals surface area contributed by atoms with E-state index in [4.69, 9.17) is 0 Å². The fourth-order valence-electron chi connectivity index (χ4n) is 3.34. The van der Waals surface area contributed by atoms with Gasteiger partial charge in [0.15, 0.2) is 5.82 Å². The Morgan fingerprint density at radius 3 is 2.25 bits per heavy atom. The smallest absolute Gasteiger partial charge is 0.406 e. The fraction of sp³-hybridized carbons (Fsp3) is 0.316. The number of hydrogen-bond donors (Lipinski definition) is 0. The Hall–Kier alpha value is -3.19. The number of ether oxygens (including phenoxy) is 1. The number of alkyl halides is 3. The largest absolute Gasteiger partial charge is 0.573 e. The van der Waals surface area contributed by atoms with Crippen molar-refractivity contribution < 1.29 is 26.3 Å². The second kappa shape index (κ2) is 8.39. The van der Waals surface area contributed by atoms with E-state index in [2.05, 4.69) is 19.8 Å². The van der Waals surface area contributed by atoms with Crippen LogP contribution >= 0.6 is 0 Å². The van der Waals surface area contributed by atoms with Gasteiger partial charge in [-0.15, -0.1) is 13.2 Å². The number of benzene rings is 1. The number of aryl methyl sites for hydroxylation is 1. The standard InChI is InChI=1S/C19H19F3N6O3S/c1-14-24-17(13-18(25-14)28-8-2-7-23-28)26-9-11-27(12-10-26)32(29,30)16-5-3-15(4-6-16)31-19(20,21)22/h2-8,13H,9-12H2,1H3. The van der Waals surface area contributed by atoms with E-state index in [-0.39, 0.29) is 18.0 Å². The van der Waals surface area contributed by atoms with Crippen molar-refractivity contribution in [3.05, 3.63) is 54.6 Å². The Morgan fingerprint density at radius 2 is 1.66 bits per heavy atom. The molecule has 3 heterocycles. The predicted molar refractivity (Wildman–Crippen MR) is 108 cm³/mol. The number of halogens is 3. The minimum atomic E-state index is -4.84. The average Bonchev–Trinajstić information content (AvgIpc) is 3.28. The van der Waals surface area contributed by atoms with Crippen LogP contribution in [-0.2, 0) is 10.0 Å². The topological polar surface area (TPSA) is 93.5 Å². The third kappa shape index (κ3) is 4.83. The van der Waals surface area contributed by atoms with Crippen LogP contribution in [-0.4, -0.2) is 65.0 Å². The number of anilines is 1. The van der Waals surface area contributed by atoms with Gasteiger partial charge in [-0.2, -0.15) is 9.40 Å². The van der Waals surface area contributed by atoms with Crippen molar-refractivity contribution >= 4 is 15.8 Å². The van der Waals surface area contributed by atoms with Crippen LogP contribution in [0, 0.1) is 6.92 Å². The molecule has 0 atom stereocenters. The van der Waals surface area contributed by atoms with Gasteiger partial charge in [0.05, 0.1) is 4.90 Å². The minimum absolute atomic E-state index is 0.0978. The van der Waals surface area contributed by atoms with Crippen molar-refractivity contribution in [3.63, 3.8) is 0 Å². The summed E-state index contributed by atoms with van der Waals surface area (Å²) in [5, 5.41) is 4.17. The lowest BCUT2D eigenvalue weighted by Crippen LogP contribution is -2.49. The molecule has 1 aromatic carbocycles. The summed E-state index contributed by atoms with van der Waals surface area (Å²) in [6, 6.07) is 7.74. The van der Waals surface area contributed by atoms with Gasteiger partial charge < -0.3 is 9.64 Å². The maximum absolute atomic E-state index is 12.9. The van der Waals surface area contributed by atoms with E-state index in [1.54, 1.807) is 36.1 Å². The van der Waals surface area contributed by atoms with Gasteiger partial charge in [-0.1, -0.05) is 0 Å². The quantitative estimate of drug-likeness (QED) is 0.568. The molecule has 4 rings (SSSR count). The molecule has 0 N–H and O–H groups in total. The van der Waals surface area contributed by atoms with Crippen molar-refractivity contribution in [3.8, 4) is 11.6 Å². The molecule has 2 aromatic heterocycles. The van der Waals surface area contributed by atoms with Crippen molar-refractivity contribution in [1.29, 1.82) is 0 Å². The highest BCUT2D eigenvalue weighted by molar-refractivity contribution is 7.89. The number of rotatable bonds is 5. The normalized spacial score (nSPS) is 15.7. The lowest BCUT2D eigenvalue weighted by Gasteiger charge is -2.34. The maximum atomic E-state index is 12.9. The van der Waals surface area contributed by atoms with E-state index in [1.165, 1.54) is 4.31 Å². The molecule has 1 aliphatic rings. The second-order valence-corrected chi connectivity index (χ2v) is 8.93. The van der Waals surface area contributed by atoms with E-state index in [0.29, 0.717) is 30.5 Å². The third-order valence-corrected chi connectivity index (χ3v) is 6.72. The zero-order valence-electron chi connectivity index (χ0n) is 16.9. The molecule has 0 bridgehead atoms. The van der Waals surface area contributed by atoms with Gasteiger partial charge in [-0.25, -0.2) is 23.1 Å². The molecular weight excluding hydrogens is 449 g/mol. The van der Waals surface area contributed by atoms with Crippen LogP contribution in [0.1, 0.15) is 5.82 Å². The van der Waals surface area contributed by atoms with Crippen LogP contribution in [0.25, 0.3) is 5.82 Å². The number of hydrogen-bond acceptors (Lipinski definition) is 7. The molecule has 9 nitrogen and oxygen atoms in total. The average molecular weight is 468 g/mol. The van der Waals surface area contributed by atoms with Gasteiger partial charge in [0, 0.05) is 44.6 Å². The van der Waals surface area contributed by atoms with Gasteiger partial charge in [-0.05, 0) is 37.3 Å². The monoisotopic (exact) mass is 468 g/mol. The lowest BCUT2D eigenvalue weighted by molar-refractivity contribution is -0.274. The van der Waals surface area contributed by atoms with Crippen molar-refractivity contribution in [2.24, 2.45) is 0 Å². The molecule has 0 spiro atoms. The molecule has 0 saturated carbocycles. The van der Waals surface area contributed by atoms with Gasteiger partial charge in [-0.3, -0.25) is 0 Å². The third-order valence-electron chi connectivity index (χ3n) is 4.81. The number of aromatic nitrogens is 4. The first kappa shape index (κ1) is 22.0. The number of sulfonamides is 1. The fourth-order valence-corrected chi connectivity index (χ4v) is 4.76. The Kier molecular flexibility index (Phi) is 5.77. The molecule has 0 radical (unpaired) electrons. The van der Waals surface area contributed by atoms with E-state index in [1.807, 2.05) is 4.90 Å². The van der Waals surface area contributed by atoms with Crippen molar-refractivity contribution in [1.82, 2.24) is 24.1 Å². The molecule has 0 amide bonds. The molecule has 0 unspecified atom stereocenters. The van der Waals surface area contributed by atoms with Crippen molar-refractivity contribution in [2.75, 3.05) is 31.1 Å². The first-order valence-corrected chi connectivity index (χ1v) is 11.0. The molecular formula is C19H19F3N6O3S. The Bertz CT molecular complexity index is 1180. The highest BCUT2D eigenvalue weighted by Crippen LogP contribution is 2.26. The zero-order valence-corrected chi connectivity index (χ0v) is 17.7. The SMILES string of the molecule is Cc1nc(N2CCN(S(=O)(=O)c3ccc(OC(F)(F)F)cc3)CC2)cc(-n2cccn2)n1. The van der Waals surface area contributed by atoms with Gasteiger partial charge in [0.2, 0.25) is 10.0 Å². The van der Waals surface area contributed by atoms with E-state index in [9.17, 15) is 21.6 Å². The van der Waals surface area contributed by atoms with Crippen LogP contribution in [0.15, 0.2) is 53.7 Å². The molecule has 32 heavy (non-hydrogen) atoms. The summed E-state index contributed by atoms with van der Waals surface area (Å²) in [6.07, 6.45) is -1.43. The second-order valence-electron chi connectivity index (χ2n) is 6.99. The van der Waals surface area contributed by atoms with Gasteiger partial charge in [0.1, 0.15) is 17.4 Å².